The van der Waals surface area contributed by atoms with Crippen LogP contribution in [0.25, 0.3) is 0 Å². The lowest BCUT2D eigenvalue weighted by Crippen LogP contribution is -2.04. The van der Waals surface area contributed by atoms with Gasteiger partial charge in [-0.25, -0.2) is 0 Å². The topological polar surface area (TPSA) is 103 Å². The Morgan fingerprint density at radius 1 is 0.618 bits per heavy atom. The Hall–Kier alpha value is -2.31. The van der Waals surface area contributed by atoms with Gasteiger partial charge in [-0.05, 0) is 12.0 Å². The van der Waals surface area contributed by atoms with E-state index in [2.05, 4.69) is 6.92 Å². The number of benzene rings is 1. The molecular weight excluding hydrogens is 432 g/mol. The molecule has 192 valence electrons. The number of carbonyl (C=O) groups excluding carboxylic acids is 1. The van der Waals surface area contributed by atoms with Crippen LogP contribution in [0.5, 0.6) is 0 Å². The van der Waals surface area contributed by atoms with Crippen LogP contribution >= 0.6 is 0 Å². The Kier molecular flexibility index (Phi) is 16.6. The van der Waals surface area contributed by atoms with Crippen LogP contribution < -0.4 is 0 Å². The molecule has 0 unspecified atom stereocenters. The third kappa shape index (κ3) is 14.8. The number of nitro benzene ring substituents is 2. The average molecular weight is 477 g/mol. The maximum Gasteiger partial charge on any atom is 0.276 e. The molecular formula is C27H44N2O5. The molecule has 0 radical (unpaired) electrons. The molecule has 7 heteroatoms. The van der Waals surface area contributed by atoms with E-state index in [1.807, 2.05) is 0 Å². The van der Waals surface area contributed by atoms with Crippen molar-refractivity contribution in [3.05, 3.63) is 44.0 Å². The first-order chi connectivity index (χ1) is 16.4. The molecule has 0 amide bonds. The highest BCUT2D eigenvalue weighted by atomic mass is 16.6. The van der Waals surface area contributed by atoms with Gasteiger partial charge in [-0.2, -0.15) is 0 Å². The van der Waals surface area contributed by atoms with E-state index in [4.69, 9.17) is 0 Å². The molecule has 0 aliphatic rings. The third-order valence-corrected chi connectivity index (χ3v) is 6.34. The second-order valence-electron chi connectivity index (χ2n) is 9.49. The van der Waals surface area contributed by atoms with Gasteiger partial charge in [-0.1, -0.05) is 110 Å². The fourth-order valence-corrected chi connectivity index (χ4v) is 4.33. The minimum atomic E-state index is -0.669. The zero-order valence-corrected chi connectivity index (χ0v) is 21.1. The van der Waals surface area contributed by atoms with Gasteiger partial charge >= 0.3 is 0 Å². The highest BCUT2D eigenvalue weighted by Crippen LogP contribution is 2.23. The van der Waals surface area contributed by atoms with Gasteiger partial charge in [-0.3, -0.25) is 25.0 Å². The minimum absolute atomic E-state index is 0.00137. The number of unbranched alkanes of at least 4 members (excludes halogenated alkanes) is 16. The van der Waals surface area contributed by atoms with Crippen molar-refractivity contribution >= 4 is 17.2 Å². The van der Waals surface area contributed by atoms with Gasteiger partial charge in [0.15, 0.2) is 0 Å². The van der Waals surface area contributed by atoms with Crippen LogP contribution in [-0.2, 0) is 11.2 Å². The summed E-state index contributed by atoms with van der Waals surface area (Å²) in [6, 6.07) is 3.42. The molecule has 0 heterocycles. The van der Waals surface area contributed by atoms with Crippen molar-refractivity contribution in [2.24, 2.45) is 0 Å². The first kappa shape index (κ1) is 29.7. The number of ketones is 1. The van der Waals surface area contributed by atoms with E-state index in [0.717, 1.165) is 25.3 Å². The summed E-state index contributed by atoms with van der Waals surface area (Å²) in [5.41, 5.74) is -0.373. The maximum absolute atomic E-state index is 12.2. The van der Waals surface area contributed by atoms with Crippen LogP contribution in [0.2, 0.25) is 0 Å². The Morgan fingerprint density at radius 3 is 1.32 bits per heavy atom. The highest BCUT2D eigenvalue weighted by molar-refractivity contribution is 5.81. The lowest BCUT2D eigenvalue weighted by Gasteiger charge is -2.04. The smallest absolute Gasteiger partial charge is 0.276 e. The molecule has 0 saturated carbocycles. The SMILES string of the molecule is CCCCCCCCCCCCCCCCCCCC(=O)Cc1cc([N+](=O)[O-])cc([N+](=O)[O-])c1. The summed E-state index contributed by atoms with van der Waals surface area (Å²) in [4.78, 5) is 32.8. The summed E-state index contributed by atoms with van der Waals surface area (Å²) >= 11 is 0. The van der Waals surface area contributed by atoms with Crippen LogP contribution in [0.4, 0.5) is 11.4 Å². The molecule has 1 aromatic rings. The summed E-state index contributed by atoms with van der Waals surface area (Å²) in [6.45, 7) is 2.26. The molecule has 1 aromatic carbocycles. The third-order valence-electron chi connectivity index (χ3n) is 6.34. The van der Waals surface area contributed by atoms with E-state index in [1.54, 1.807) is 0 Å². The number of rotatable bonds is 22. The van der Waals surface area contributed by atoms with E-state index in [0.29, 0.717) is 12.0 Å². The highest BCUT2D eigenvalue weighted by Gasteiger charge is 2.17. The second-order valence-corrected chi connectivity index (χ2v) is 9.49. The van der Waals surface area contributed by atoms with Crippen molar-refractivity contribution in [3.63, 3.8) is 0 Å². The second kappa shape index (κ2) is 19.0. The van der Waals surface area contributed by atoms with Gasteiger partial charge in [0.05, 0.1) is 15.9 Å². The van der Waals surface area contributed by atoms with Gasteiger partial charge in [0.25, 0.3) is 11.4 Å². The van der Waals surface area contributed by atoms with Crippen molar-refractivity contribution in [3.8, 4) is 0 Å². The molecule has 0 atom stereocenters. The van der Waals surface area contributed by atoms with Crippen molar-refractivity contribution in [2.75, 3.05) is 0 Å². The van der Waals surface area contributed by atoms with E-state index in [-0.39, 0.29) is 23.6 Å². The van der Waals surface area contributed by atoms with E-state index >= 15 is 0 Å². The Balaban J connectivity index is 2.00. The standard InChI is InChI=1S/C27H44N2O5/c1-2-3-4-5-6-7-8-9-10-11-12-13-14-15-16-17-18-19-27(30)22-24-20-25(28(31)32)23-26(21-24)29(33)34/h20-21,23H,2-19,22H2,1H3. The lowest BCUT2D eigenvalue weighted by molar-refractivity contribution is -0.394. The number of nitro groups is 2. The Labute approximate surface area is 205 Å². The Bertz CT molecular complexity index is 703. The van der Waals surface area contributed by atoms with Crippen molar-refractivity contribution in [1.82, 2.24) is 0 Å². The van der Waals surface area contributed by atoms with Gasteiger partial charge < -0.3 is 0 Å². The van der Waals surface area contributed by atoms with Crippen LogP contribution in [0, 0.1) is 20.2 Å². The fraction of sp³-hybridized carbons (Fsp3) is 0.741. The molecule has 34 heavy (non-hydrogen) atoms. The summed E-state index contributed by atoms with van der Waals surface area (Å²) < 4.78 is 0. The zero-order valence-electron chi connectivity index (χ0n) is 21.1. The first-order valence-electron chi connectivity index (χ1n) is 13.4. The molecule has 0 aliphatic carbocycles. The van der Waals surface area contributed by atoms with Crippen LogP contribution in [0.1, 0.15) is 128 Å². The number of nitrogens with zero attached hydrogens (tertiary/aromatic N) is 2. The Morgan fingerprint density at radius 2 is 0.971 bits per heavy atom. The molecule has 7 nitrogen and oxygen atoms in total. The van der Waals surface area contributed by atoms with Crippen molar-refractivity contribution in [1.29, 1.82) is 0 Å². The minimum Gasteiger partial charge on any atom is -0.299 e. The van der Waals surface area contributed by atoms with E-state index in [9.17, 15) is 25.0 Å². The molecule has 0 N–H and O–H groups in total. The molecule has 1 rings (SSSR count). The number of carbonyl (C=O) groups is 1. The summed E-state index contributed by atoms with van der Waals surface area (Å²) in [5.74, 6) is -0.0317. The zero-order chi connectivity index (χ0) is 25.0. The monoisotopic (exact) mass is 476 g/mol. The van der Waals surface area contributed by atoms with Gasteiger partial charge in [0.2, 0.25) is 0 Å². The maximum atomic E-state index is 12.2. The summed E-state index contributed by atoms with van der Waals surface area (Å²) in [5, 5.41) is 21.9. The first-order valence-corrected chi connectivity index (χ1v) is 13.4. The largest absolute Gasteiger partial charge is 0.299 e. The summed E-state index contributed by atoms with van der Waals surface area (Å²) in [7, 11) is 0. The molecule has 0 saturated heterocycles. The number of hydrogen-bond acceptors (Lipinski definition) is 5. The number of hydrogen-bond donors (Lipinski definition) is 0. The lowest BCUT2D eigenvalue weighted by atomic mass is 10.0. The van der Waals surface area contributed by atoms with E-state index in [1.165, 1.54) is 102 Å². The molecule has 0 bridgehead atoms. The fourth-order valence-electron chi connectivity index (χ4n) is 4.33. The van der Waals surface area contributed by atoms with Gasteiger partial charge in [-0.15, -0.1) is 0 Å². The van der Waals surface area contributed by atoms with E-state index < -0.39 is 9.85 Å². The number of non-ortho nitro benzene ring substituents is 2. The number of Topliss-reactive ketones (excluding diaryl/α,β-unsaturated/α-hetero) is 1. The summed E-state index contributed by atoms with van der Waals surface area (Å²) in [6.07, 6.45) is 22.2. The molecule has 0 aromatic heterocycles. The van der Waals surface area contributed by atoms with Crippen molar-refractivity contribution in [2.45, 2.75) is 129 Å². The van der Waals surface area contributed by atoms with Crippen LogP contribution in [0.3, 0.4) is 0 Å². The van der Waals surface area contributed by atoms with Gasteiger partial charge in [0, 0.05) is 25.0 Å². The van der Waals surface area contributed by atoms with Crippen LogP contribution in [-0.4, -0.2) is 15.6 Å². The predicted molar refractivity (Wildman–Crippen MR) is 137 cm³/mol. The van der Waals surface area contributed by atoms with Crippen LogP contribution in [0.15, 0.2) is 18.2 Å². The van der Waals surface area contributed by atoms with Crippen molar-refractivity contribution < 1.29 is 14.6 Å². The quantitative estimate of drug-likeness (QED) is 0.0945. The normalized spacial score (nSPS) is 11.0. The molecule has 0 fully saturated rings. The average Bonchev–Trinajstić information content (AvgIpc) is 2.80. The van der Waals surface area contributed by atoms with Gasteiger partial charge in [0.1, 0.15) is 5.78 Å². The molecule has 0 aliphatic heterocycles. The molecule has 0 spiro atoms. The predicted octanol–water partition coefficient (Wildman–Crippen LogP) is 8.66.